The quantitative estimate of drug-likeness (QED) is 0.516. The topological polar surface area (TPSA) is 9.23 Å². The molecule has 0 fully saturated rings. The summed E-state index contributed by atoms with van der Waals surface area (Å²) in [6, 6.07) is 0. The summed E-state index contributed by atoms with van der Waals surface area (Å²) in [4.78, 5) is 0. The first-order valence-corrected chi connectivity index (χ1v) is 2.68. The summed E-state index contributed by atoms with van der Waals surface area (Å²) >= 11 is 5.18. The zero-order chi connectivity index (χ0) is 5.54. The molecule has 0 radical (unpaired) electrons. The molecule has 0 heterocycles. The summed E-state index contributed by atoms with van der Waals surface area (Å²) in [6.45, 7) is 3.32. The molecule has 0 N–H and O–H groups in total. The Morgan fingerprint density at radius 2 is 2.43 bits per heavy atom. The second-order valence-corrected chi connectivity index (χ2v) is 1.27. The number of rotatable bonds is 3. The predicted octanol–water partition coefficient (Wildman–Crippen LogP) is 1.78. The first-order valence-electron chi connectivity index (χ1n) is 2.24. The lowest BCUT2D eigenvalue weighted by molar-refractivity contribution is 0.177. The highest BCUT2D eigenvalue weighted by molar-refractivity contribution is 6.25. The maximum Gasteiger partial charge on any atom is 0.0658 e. The maximum absolute atomic E-state index is 5.18. The standard InChI is InChI=1S/C5H9ClO/c1-2-7-5-3-4-6/h3-4H,2,5H2,1H3. The van der Waals surface area contributed by atoms with Gasteiger partial charge in [0.15, 0.2) is 0 Å². The molecule has 0 saturated carbocycles. The van der Waals surface area contributed by atoms with Gasteiger partial charge in [0.1, 0.15) is 0 Å². The molecule has 0 aromatic carbocycles. The van der Waals surface area contributed by atoms with Crippen LogP contribution >= 0.6 is 11.6 Å². The van der Waals surface area contributed by atoms with Gasteiger partial charge in [-0.1, -0.05) is 11.6 Å². The van der Waals surface area contributed by atoms with Crippen LogP contribution in [0.4, 0.5) is 0 Å². The molecule has 0 saturated heterocycles. The van der Waals surface area contributed by atoms with Crippen LogP contribution in [0.25, 0.3) is 0 Å². The average molecular weight is 121 g/mol. The molecule has 0 aliphatic rings. The Morgan fingerprint density at radius 3 is 2.86 bits per heavy atom. The van der Waals surface area contributed by atoms with Crippen LogP contribution in [0.5, 0.6) is 0 Å². The van der Waals surface area contributed by atoms with Crippen molar-refractivity contribution in [3.8, 4) is 0 Å². The molecule has 2 heteroatoms. The van der Waals surface area contributed by atoms with Crippen LogP contribution in [-0.4, -0.2) is 13.2 Å². The smallest absolute Gasteiger partial charge is 0.0658 e. The Labute approximate surface area is 48.9 Å². The fourth-order valence-corrected chi connectivity index (χ4v) is 0.295. The van der Waals surface area contributed by atoms with E-state index in [1.165, 1.54) is 5.54 Å². The molecular formula is C5H9ClO. The molecule has 0 aliphatic carbocycles. The molecule has 0 amide bonds. The van der Waals surface area contributed by atoms with Gasteiger partial charge in [-0.2, -0.15) is 0 Å². The van der Waals surface area contributed by atoms with Gasteiger partial charge in [0.05, 0.1) is 6.61 Å². The molecule has 0 aromatic rings. The van der Waals surface area contributed by atoms with E-state index in [2.05, 4.69) is 0 Å². The third kappa shape index (κ3) is 5.99. The second kappa shape index (κ2) is 5.99. The van der Waals surface area contributed by atoms with Crippen molar-refractivity contribution in [2.24, 2.45) is 0 Å². The molecule has 0 bridgehead atoms. The highest BCUT2D eigenvalue weighted by Crippen LogP contribution is 1.78. The molecule has 1 nitrogen and oxygen atoms in total. The van der Waals surface area contributed by atoms with Gasteiger partial charge < -0.3 is 4.74 Å². The largest absolute Gasteiger partial charge is 0.378 e. The Kier molecular flexibility index (Phi) is 5.98. The Bertz CT molecular complexity index is 52.0. The minimum atomic E-state index is 0.625. The van der Waals surface area contributed by atoms with E-state index in [0.717, 1.165) is 6.61 Å². The molecule has 0 aliphatic heterocycles. The summed E-state index contributed by atoms with van der Waals surface area (Å²) in [5.41, 5.74) is 1.45. The molecule has 0 unspecified atom stereocenters. The lowest BCUT2D eigenvalue weighted by Crippen LogP contribution is -1.86. The van der Waals surface area contributed by atoms with Crippen molar-refractivity contribution in [3.63, 3.8) is 0 Å². The summed E-state index contributed by atoms with van der Waals surface area (Å²) in [5, 5.41) is 0. The summed E-state index contributed by atoms with van der Waals surface area (Å²) in [5.74, 6) is 0. The van der Waals surface area contributed by atoms with Gasteiger partial charge >= 0.3 is 0 Å². The van der Waals surface area contributed by atoms with Gasteiger partial charge in [0.2, 0.25) is 0 Å². The van der Waals surface area contributed by atoms with Crippen molar-refractivity contribution < 1.29 is 4.74 Å². The van der Waals surface area contributed by atoms with E-state index in [4.69, 9.17) is 16.3 Å². The highest BCUT2D eigenvalue weighted by Gasteiger charge is 1.70. The summed E-state index contributed by atoms with van der Waals surface area (Å²) in [6.07, 6.45) is 1.76. The molecule has 7 heavy (non-hydrogen) atoms. The molecule has 0 rings (SSSR count). The minimum absolute atomic E-state index is 0.625. The van der Waals surface area contributed by atoms with Crippen LogP contribution in [0.3, 0.4) is 0 Å². The lowest BCUT2D eigenvalue weighted by atomic mass is 10.7. The molecule has 0 spiro atoms. The summed E-state index contributed by atoms with van der Waals surface area (Å²) < 4.78 is 4.90. The van der Waals surface area contributed by atoms with E-state index in [1.807, 2.05) is 6.92 Å². The van der Waals surface area contributed by atoms with E-state index in [1.54, 1.807) is 6.08 Å². The van der Waals surface area contributed by atoms with Crippen molar-refractivity contribution >= 4 is 11.6 Å². The molecular weight excluding hydrogens is 112 g/mol. The van der Waals surface area contributed by atoms with Crippen LogP contribution in [-0.2, 0) is 4.74 Å². The zero-order valence-electron chi connectivity index (χ0n) is 4.36. The third-order valence-electron chi connectivity index (χ3n) is 0.507. The van der Waals surface area contributed by atoms with Crippen LogP contribution in [0.1, 0.15) is 6.92 Å². The lowest BCUT2D eigenvalue weighted by Gasteiger charge is -1.89. The monoisotopic (exact) mass is 120 g/mol. The normalized spacial score (nSPS) is 10.6. The zero-order valence-corrected chi connectivity index (χ0v) is 5.11. The fraction of sp³-hybridized carbons (Fsp3) is 0.600. The first kappa shape index (κ1) is 6.99. The average Bonchev–Trinajstić information content (AvgIpc) is 1.69. The highest BCUT2D eigenvalue weighted by atomic mass is 35.5. The van der Waals surface area contributed by atoms with Crippen molar-refractivity contribution in [2.45, 2.75) is 6.92 Å². The van der Waals surface area contributed by atoms with E-state index in [9.17, 15) is 0 Å². The molecule has 0 aromatic heterocycles. The van der Waals surface area contributed by atoms with Crippen LogP contribution in [0.15, 0.2) is 11.6 Å². The van der Waals surface area contributed by atoms with Crippen LogP contribution in [0, 0.1) is 0 Å². The van der Waals surface area contributed by atoms with Gasteiger partial charge in [0.25, 0.3) is 0 Å². The number of halogens is 1. The molecule has 0 atom stereocenters. The predicted molar refractivity (Wildman–Crippen MR) is 31.5 cm³/mol. The number of hydrogen-bond donors (Lipinski definition) is 0. The van der Waals surface area contributed by atoms with Crippen LogP contribution in [0.2, 0.25) is 0 Å². The number of hydrogen-bond acceptors (Lipinski definition) is 1. The van der Waals surface area contributed by atoms with Crippen molar-refractivity contribution in [1.82, 2.24) is 0 Å². The second-order valence-electron chi connectivity index (χ2n) is 1.02. The minimum Gasteiger partial charge on any atom is -0.378 e. The molecule has 42 valence electrons. The maximum atomic E-state index is 5.18. The number of ether oxygens (including phenoxy) is 1. The van der Waals surface area contributed by atoms with Crippen molar-refractivity contribution in [3.05, 3.63) is 11.6 Å². The van der Waals surface area contributed by atoms with Gasteiger partial charge in [0, 0.05) is 12.1 Å². The van der Waals surface area contributed by atoms with Gasteiger partial charge in [-0.25, -0.2) is 0 Å². The first-order chi connectivity index (χ1) is 3.41. The van der Waals surface area contributed by atoms with Gasteiger partial charge in [-0.05, 0) is 13.0 Å². The van der Waals surface area contributed by atoms with E-state index in [0.29, 0.717) is 6.61 Å². The van der Waals surface area contributed by atoms with E-state index >= 15 is 0 Å². The summed E-state index contributed by atoms with van der Waals surface area (Å²) in [7, 11) is 0. The van der Waals surface area contributed by atoms with Crippen molar-refractivity contribution in [1.29, 1.82) is 0 Å². The fourth-order valence-electron chi connectivity index (χ4n) is 0.222. The Balaban J connectivity index is 2.69. The van der Waals surface area contributed by atoms with Crippen LogP contribution < -0.4 is 0 Å². The van der Waals surface area contributed by atoms with Crippen molar-refractivity contribution in [2.75, 3.05) is 13.2 Å². The SMILES string of the molecule is CCOCC=CCl. The van der Waals surface area contributed by atoms with Gasteiger partial charge in [-0.15, -0.1) is 0 Å². The van der Waals surface area contributed by atoms with Gasteiger partial charge in [-0.3, -0.25) is 0 Å². The van der Waals surface area contributed by atoms with E-state index in [-0.39, 0.29) is 0 Å². The third-order valence-corrected chi connectivity index (χ3v) is 0.685. The Hall–Kier alpha value is -0.0100. The Morgan fingerprint density at radius 1 is 1.71 bits per heavy atom. The van der Waals surface area contributed by atoms with E-state index < -0.39 is 0 Å².